The van der Waals surface area contributed by atoms with E-state index in [2.05, 4.69) is 36.1 Å². The quantitative estimate of drug-likeness (QED) is 0.833. The lowest BCUT2D eigenvalue weighted by Gasteiger charge is -2.16. The monoisotopic (exact) mass is 269 g/mol. The highest BCUT2D eigenvalue weighted by molar-refractivity contribution is 6.31. The van der Waals surface area contributed by atoms with Crippen LogP contribution in [0.1, 0.15) is 51.4 Å². The van der Waals surface area contributed by atoms with Crippen molar-refractivity contribution in [2.45, 2.75) is 59.9 Å². The number of aromatic nitrogens is 2. The lowest BCUT2D eigenvalue weighted by atomic mass is 10.0. The van der Waals surface area contributed by atoms with E-state index in [1.54, 1.807) is 0 Å². The normalized spacial score (nSPS) is 12.8. The van der Waals surface area contributed by atoms with Gasteiger partial charge in [0.05, 0.1) is 11.4 Å². The Morgan fingerprint density at radius 2 is 1.67 bits per heavy atom. The van der Waals surface area contributed by atoms with Crippen LogP contribution in [0.25, 0.3) is 0 Å². The van der Waals surface area contributed by atoms with Gasteiger partial charge in [-0.1, -0.05) is 38.3 Å². The van der Waals surface area contributed by atoms with Gasteiger partial charge in [0.2, 0.25) is 0 Å². The van der Waals surface area contributed by atoms with Crippen LogP contribution in [0.3, 0.4) is 0 Å². The highest BCUT2D eigenvalue weighted by Crippen LogP contribution is 2.20. The van der Waals surface area contributed by atoms with Crippen molar-refractivity contribution in [3.05, 3.63) is 16.5 Å². The summed E-state index contributed by atoms with van der Waals surface area (Å²) in [6.07, 6.45) is 3.61. The molecule has 0 bridgehead atoms. The van der Waals surface area contributed by atoms with Gasteiger partial charge in [0.15, 0.2) is 11.0 Å². The number of nitrogens with one attached hydrogen (secondary N) is 1. The number of halogens is 1. The second-order valence-corrected chi connectivity index (χ2v) is 5.76. The predicted octanol–water partition coefficient (Wildman–Crippen LogP) is 4.37. The van der Waals surface area contributed by atoms with E-state index in [0.29, 0.717) is 17.0 Å². The van der Waals surface area contributed by atoms with Crippen molar-refractivity contribution in [1.29, 1.82) is 0 Å². The molecule has 0 aromatic carbocycles. The standard InChI is InChI=1S/C14H24ClN3/c1-9(2)7-6-8-10(3)16-14-13(15)17-11(4)12(5)18-14/h9-10H,6-8H2,1-5H3,(H,16,18). The van der Waals surface area contributed by atoms with E-state index < -0.39 is 0 Å². The molecule has 0 aliphatic carbocycles. The SMILES string of the molecule is Cc1nc(Cl)c(NC(C)CCCC(C)C)nc1C. The first kappa shape index (κ1) is 15.2. The second-order valence-electron chi connectivity index (χ2n) is 5.40. The van der Waals surface area contributed by atoms with E-state index in [4.69, 9.17) is 11.6 Å². The maximum atomic E-state index is 6.09. The topological polar surface area (TPSA) is 37.8 Å². The van der Waals surface area contributed by atoms with Crippen LogP contribution in [0.4, 0.5) is 5.82 Å². The number of rotatable bonds is 6. The molecule has 18 heavy (non-hydrogen) atoms. The lowest BCUT2D eigenvalue weighted by molar-refractivity contribution is 0.520. The summed E-state index contributed by atoms with van der Waals surface area (Å²) in [5.74, 6) is 1.47. The fraction of sp³-hybridized carbons (Fsp3) is 0.714. The van der Waals surface area contributed by atoms with Crippen molar-refractivity contribution >= 4 is 17.4 Å². The average Bonchev–Trinajstić information content (AvgIpc) is 2.25. The number of anilines is 1. The molecule has 0 aliphatic rings. The summed E-state index contributed by atoms with van der Waals surface area (Å²) < 4.78 is 0. The van der Waals surface area contributed by atoms with E-state index in [9.17, 15) is 0 Å². The molecule has 3 nitrogen and oxygen atoms in total. The summed E-state index contributed by atoms with van der Waals surface area (Å²) in [6.45, 7) is 10.5. The third-order valence-electron chi connectivity index (χ3n) is 3.07. The number of aryl methyl sites for hydroxylation is 2. The highest BCUT2D eigenvalue weighted by atomic mass is 35.5. The first-order valence-corrected chi connectivity index (χ1v) is 7.05. The van der Waals surface area contributed by atoms with Crippen LogP contribution < -0.4 is 5.32 Å². The Morgan fingerprint density at radius 3 is 2.28 bits per heavy atom. The third-order valence-corrected chi connectivity index (χ3v) is 3.33. The van der Waals surface area contributed by atoms with Crippen LogP contribution in [0.15, 0.2) is 0 Å². The molecule has 1 atom stereocenters. The fourth-order valence-corrected chi connectivity index (χ4v) is 2.03. The van der Waals surface area contributed by atoms with Gasteiger partial charge in [-0.15, -0.1) is 0 Å². The zero-order chi connectivity index (χ0) is 13.7. The zero-order valence-corrected chi connectivity index (χ0v) is 12.8. The molecule has 0 radical (unpaired) electrons. The minimum Gasteiger partial charge on any atom is -0.365 e. The molecule has 1 aromatic heterocycles. The van der Waals surface area contributed by atoms with Gasteiger partial charge in [-0.2, -0.15) is 0 Å². The maximum absolute atomic E-state index is 6.09. The van der Waals surface area contributed by atoms with Gasteiger partial charge in [-0.25, -0.2) is 9.97 Å². The Bertz CT molecular complexity index is 391. The summed E-state index contributed by atoms with van der Waals surface area (Å²) >= 11 is 6.09. The molecule has 0 saturated heterocycles. The Morgan fingerprint density at radius 1 is 1.06 bits per heavy atom. The van der Waals surface area contributed by atoms with Crippen molar-refractivity contribution in [2.75, 3.05) is 5.32 Å². The van der Waals surface area contributed by atoms with Crippen molar-refractivity contribution < 1.29 is 0 Å². The molecule has 0 fully saturated rings. The second kappa shape index (κ2) is 6.93. The van der Waals surface area contributed by atoms with Gasteiger partial charge in [0.25, 0.3) is 0 Å². The van der Waals surface area contributed by atoms with Crippen molar-refractivity contribution in [3.8, 4) is 0 Å². The van der Waals surface area contributed by atoms with Crippen molar-refractivity contribution in [3.63, 3.8) is 0 Å². The summed E-state index contributed by atoms with van der Waals surface area (Å²) in [7, 11) is 0. The Kier molecular flexibility index (Phi) is 5.86. The fourth-order valence-electron chi connectivity index (χ4n) is 1.81. The predicted molar refractivity (Wildman–Crippen MR) is 78.3 cm³/mol. The van der Waals surface area contributed by atoms with Gasteiger partial charge < -0.3 is 5.32 Å². The van der Waals surface area contributed by atoms with Crippen molar-refractivity contribution in [2.24, 2.45) is 5.92 Å². The van der Waals surface area contributed by atoms with E-state index in [0.717, 1.165) is 23.7 Å². The van der Waals surface area contributed by atoms with Gasteiger partial charge in [-0.05, 0) is 33.1 Å². The number of hydrogen-bond donors (Lipinski definition) is 1. The minimum atomic E-state index is 0.373. The van der Waals surface area contributed by atoms with Gasteiger partial charge in [0.1, 0.15) is 0 Å². The first-order chi connectivity index (χ1) is 8.40. The van der Waals surface area contributed by atoms with Crippen LogP contribution >= 0.6 is 11.6 Å². The smallest absolute Gasteiger partial charge is 0.171 e. The van der Waals surface area contributed by atoms with Gasteiger partial charge >= 0.3 is 0 Å². The summed E-state index contributed by atoms with van der Waals surface area (Å²) in [4.78, 5) is 8.72. The molecule has 4 heteroatoms. The first-order valence-electron chi connectivity index (χ1n) is 6.67. The molecule has 0 aliphatic heterocycles. The van der Waals surface area contributed by atoms with Gasteiger partial charge in [-0.3, -0.25) is 0 Å². The van der Waals surface area contributed by atoms with Gasteiger partial charge in [0, 0.05) is 6.04 Å². The molecule has 1 N–H and O–H groups in total. The number of nitrogens with zero attached hydrogens (tertiary/aromatic N) is 2. The maximum Gasteiger partial charge on any atom is 0.171 e. The minimum absolute atomic E-state index is 0.373. The van der Waals surface area contributed by atoms with E-state index in [-0.39, 0.29) is 0 Å². The Hall–Kier alpha value is -0.830. The average molecular weight is 270 g/mol. The zero-order valence-electron chi connectivity index (χ0n) is 12.0. The van der Waals surface area contributed by atoms with Crippen LogP contribution in [-0.2, 0) is 0 Å². The molecule has 0 spiro atoms. The highest BCUT2D eigenvalue weighted by Gasteiger charge is 2.10. The lowest BCUT2D eigenvalue weighted by Crippen LogP contribution is -2.17. The molecule has 102 valence electrons. The summed E-state index contributed by atoms with van der Waals surface area (Å²) in [5.41, 5.74) is 1.81. The van der Waals surface area contributed by atoms with Crippen LogP contribution in [0.2, 0.25) is 5.15 Å². The van der Waals surface area contributed by atoms with E-state index >= 15 is 0 Å². The molecular formula is C14H24ClN3. The molecule has 0 saturated carbocycles. The molecule has 1 rings (SSSR count). The van der Waals surface area contributed by atoms with Crippen molar-refractivity contribution in [1.82, 2.24) is 9.97 Å². The van der Waals surface area contributed by atoms with E-state index in [1.165, 1.54) is 12.8 Å². The molecule has 1 aromatic rings. The molecular weight excluding hydrogens is 246 g/mol. The Labute approximate surface area is 115 Å². The largest absolute Gasteiger partial charge is 0.365 e. The van der Waals surface area contributed by atoms with E-state index in [1.807, 2.05) is 13.8 Å². The summed E-state index contributed by atoms with van der Waals surface area (Å²) in [6, 6.07) is 0.373. The summed E-state index contributed by atoms with van der Waals surface area (Å²) in [5, 5.41) is 3.81. The third kappa shape index (κ3) is 4.81. The van der Waals surface area contributed by atoms with Crippen LogP contribution in [0, 0.1) is 19.8 Å². The molecule has 0 amide bonds. The molecule has 1 unspecified atom stereocenters. The van der Waals surface area contributed by atoms with Crippen LogP contribution in [0.5, 0.6) is 0 Å². The Balaban J connectivity index is 2.54. The molecule has 1 heterocycles. The van der Waals surface area contributed by atoms with Crippen LogP contribution in [-0.4, -0.2) is 16.0 Å². The number of hydrogen-bond acceptors (Lipinski definition) is 3.